The predicted octanol–water partition coefficient (Wildman–Crippen LogP) is 3.53. The van der Waals surface area contributed by atoms with E-state index in [2.05, 4.69) is 0 Å². The topological polar surface area (TPSA) is 50.1 Å². The van der Waals surface area contributed by atoms with E-state index in [4.69, 9.17) is 10.00 Å². The maximum atomic E-state index is 13.0. The molecule has 6 heteroatoms. The van der Waals surface area contributed by atoms with Crippen molar-refractivity contribution in [1.82, 2.24) is 0 Å². The Hall–Kier alpha value is -2.39. The number of carbonyl (C=O) groups is 1. The van der Waals surface area contributed by atoms with E-state index in [1.54, 1.807) is 12.1 Å². The number of ether oxygens (including phenoxy) is 1. The van der Waals surface area contributed by atoms with Crippen molar-refractivity contribution in [2.24, 2.45) is 0 Å². The molecule has 0 atom stereocenters. The van der Waals surface area contributed by atoms with Crippen LogP contribution in [0.15, 0.2) is 47.4 Å². The first-order valence-electron chi connectivity index (χ1n) is 5.88. The molecule has 2 aromatic carbocycles. The lowest BCUT2D eigenvalue weighted by molar-refractivity contribution is -0.131. The molecule has 0 heterocycles. The second-order valence-corrected chi connectivity index (χ2v) is 5.00. The number of para-hydroxylation sites is 1. The van der Waals surface area contributed by atoms with E-state index in [-0.39, 0.29) is 17.1 Å². The Labute approximate surface area is 124 Å². The van der Waals surface area contributed by atoms with Crippen LogP contribution < -0.4 is 4.74 Å². The lowest BCUT2D eigenvalue weighted by atomic mass is 10.2. The number of rotatable bonds is 4. The zero-order valence-corrected chi connectivity index (χ0v) is 11.5. The fraction of sp³-hybridized carbons (Fsp3) is 0.0667. The SMILES string of the molecule is N#Cc1ccccc1OC(=O)CSc1ccc(F)c(F)c1. The third-order valence-electron chi connectivity index (χ3n) is 2.48. The summed E-state index contributed by atoms with van der Waals surface area (Å²) in [5.41, 5.74) is 0.253. The second-order valence-electron chi connectivity index (χ2n) is 3.95. The fourth-order valence-electron chi connectivity index (χ4n) is 1.51. The zero-order valence-electron chi connectivity index (χ0n) is 10.7. The highest BCUT2D eigenvalue weighted by molar-refractivity contribution is 8.00. The summed E-state index contributed by atoms with van der Waals surface area (Å²) in [6.45, 7) is 0. The van der Waals surface area contributed by atoms with Crippen LogP contribution in [0.3, 0.4) is 0 Å². The van der Waals surface area contributed by atoms with Crippen LogP contribution >= 0.6 is 11.8 Å². The first kappa shape index (κ1) is 15.0. The molecule has 0 spiro atoms. The number of nitriles is 1. The first-order chi connectivity index (χ1) is 10.1. The quantitative estimate of drug-likeness (QED) is 0.492. The van der Waals surface area contributed by atoms with Crippen LogP contribution in [0.4, 0.5) is 8.78 Å². The van der Waals surface area contributed by atoms with Crippen LogP contribution in [0.5, 0.6) is 5.75 Å². The molecule has 0 N–H and O–H groups in total. The average Bonchev–Trinajstić information content (AvgIpc) is 2.49. The van der Waals surface area contributed by atoms with Crippen LogP contribution in [0, 0.1) is 23.0 Å². The number of nitrogens with zero attached hydrogens (tertiary/aromatic N) is 1. The zero-order chi connectivity index (χ0) is 15.2. The molecule has 2 rings (SSSR count). The minimum Gasteiger partial charge on any atom is -0.424 e. The molecule has 0 saturated heterocycles. The van der Waals surface area contributed by atoms with Crippen LogP contribution in [0.1, 0.15) is 5.56 Å². The molecule has 0 radical (unpaired) electrons. The van der Waals surface area contributed by atoms with Gasteiger partial charge in [0.2, 0.25) is 0 Å². The third-order valence-corrected chi connectivity index (χ3v) is 3.45. The van der Waals surface area contributed by atoms with E-state index in [1.807, 2.05) is 6.07 Å². The Bertz CT molecular complexity index is 713. The number of carbonyl (C=O) groups excluding carboxylic acids is 1. The first-order valence-corrected chi connectivity index (χ1v) is 6.86. The van der Waals surface area contributed by atoms with Gasteiger partial charge in [-0.1, -0.05) is 12.1 Å². The van der Waals surface area contributed by atoms with Gasteiger partial charge in [0, 0.05) is 4.90 Å². The molecule has 106 valence electrons. The van der Waals surface area contributed by atoms with Crippen molar-refractivity contribution < 1.29 is 18.3 Å². The fourth-order valence-corrected chi connectivity index (χ4v) is 2.20. The van der Waals surface area contributed by atoms with E-state index < -0.39 is 17.6 Å². The molecule has 2 aromatic rings. The number of benzene rings is 2. The third kappa shape index (κ3) is 4.04. The van der Waals surface area contributed by atoms with Gasteiger partial charge in [-0.25, -0.2) is 8.78 Å². The van der Waals surface area contributed by atoms with E-state index in [0.29, 0.717) is 4.90 Å². The highest BCUT2D eigenvalue weighted by Gasteiger charge is 2.10. The van der Waals surface area contributed by atoms with Gasteiger partial charge in [0.25, 0.3) is 0 Å². The number of hydrogen-bond donors (Lipinski definition) is 0. The molecule has 0 aromatic heterocycles. The summed E-state index contributed by atoms with van der Waals surface area (Å²) in [7, 11) is 0. The number of hydrogen-bond acceptors (Lipinski definition) is 4. The minimum atomic E-state index is -0.969. The van der Waals surface area contributed by atoms with Gasteiger partial charge in [-0.3, -0.25) is 4.79 Å². The van der Waals surface area contributed by atoms with Crippen LogP contribution in [0.2, 0.25) is 0 Å². The Kier molecular flexibility index (Phi) is 4.90. The summed E-state index contributed by atoms with van der Waals surface area (Å²) >= 11 is 1.02. The lowest BCUT2D eigenvalue weighted by Gasteiger charge is -2.05. The van der Waals surface area contributed by atoms with Crippen LogP contribution in [-0.2, 0) is 4.79 Å². The Balaban J connectivity index is 1.96. The summed E-state index contributed by atoms with van der Waals surface area (Å²) < 4.78 is 30.8. The van der Waals surface area contributed by atoms with Gasteiger partial charge in [-0.2, -0.15) is 5.26 Å². The van der Waals surface area contributed by atoms with Gasteiger partial charge in [0.1, 0.15) is 11.8 Å². The molecule has 0 saturated carbocycles. The summed E-state index contributed by atoms with van der Waals surface area (Å²) in [6, 6.07) is 11.6. The maximum absolute atomic E-state index is 13.0. The molecular weight excluding hydrogens is 296 g/mol. The standard InChI is InChI=1S/C15H9F2NO2S/c16-12-6-5-11(7-13(12)17)21-9-15(19)20-14-4-2-1-3-10(14)8-18/h1-7H,9H2. The van der Waals surface area contributed by atoms with Crippen molar-refractivity contribution in [2.45, 2.75) is 4.90 Å². The summed E-state index contributed by atoms with van der Waals surface area (Å²) in [5.74, 6) is -2.39. The Morgan fingerprint density at radius 2 is 1.95 bits per heavy atom. The molecular formula is C15H9F2NO2S. The van der Waals surface area contributed by atoms with E-state index in [9.17, 15) is 13.6 Å². The van der Waals surface area contributed by atoms with Gasteiger partial charge in [0.15, 0.2) is 11.6 Å². The molecule has 0 bridgehead atoms. The largest absolute Gasteiger partial charge is 0.424 e. The van der Waals surface area contributed by atoms with Crippen LogP contribution in [0.25, 0.3) is 0 Å². The van der Waals surface area contributed by atoms with Crippen LogP contribution in [-0.4, -0.2) is 11.7 Å². The highest BCUT2D eigenvalue weighted by Crippen LogP contribution is 2.22. The maximum Gasteiger partial charge on any atom is 0.321 e. The van der Waals surface area contributed by atoms with Gasteiger partial charge >= 0.3 is 5.97 Å². The molecule has 21 heavy (non-hydrogen) atoms. The summed E-state index contributed by atoms with van der Waals surface area (Å²) in [5, 5.41) is 8.87. The summed E-state index contributed by atoms with van der Waals surface area (Å²) in [6.07, 6.45) is 0. The van der Waals surface area contributed by atoms with Gasteiger partial charge < -0.3 is 4.74 Å². The second kappa shape index (κ2) is 6.86. The monoisotopic (exact) mass is 305 g/mol. The Morgan fingerprint density at radius 1 is 1.19 bits per heavy atom. The van der Waals surface area contributed by atoms with E-state index in [0.717, 1.165) is 23.9 Å². The molecule has 0 aliphatic rings. The van der Waals surface area contributed by atoms with Crippen molar-refractivity contribution in [2.75, 3.05) is 5.75 Å². The molecule has 0 fully saturated rings. The average molecular weight is 305 g/mol. The molecule has 0 amide bonds. The number of halogens is 2. The summed E-state index contributed by atoms with van der Waals surface area (Å²) in [4.78, 5) is 12.1. The van der Waals surface area contributed by atoms with Gasteiger partial charge in [0.05, 0.1) is 11.3 Å². The smallest absolute Gasteiger partial charge is 0.321 e. The molecule has 0 aliphatic heterocycles. The Morgan fingerprint density at radius 3 is 2.67 bits per heavy atom. The minimum absolute atomic E-state index is 0.0785. The van der Waals surface area contributed by atoms with Crippen molar-refractivity contribution >= 4 is 17.7 Å². The van der Waals surface area contributed by atoms with E-state index in [1.165, 1.54) is 18.2 Å². The highest BCUT2D eigenvalue weighted by atomic mass is 32.2. The molecule has 0 aliphatic carbocycles. The molecule has 0 unspecified atom stereocenters. The van der Waals surface area contributed by atoms with E-state index >= 15 is 0 Å². The lowest BCUT2D eigenvalue weighted by Crippen LogP contribution is -2.11. The number of esters is 1. The van der Waals surface area contributed by atoms with Crippen molar-refractivity contribution in [3.8, 4) is 11.8 Å². The normalized spacial score (nSPS) is 9.95. The molecule has 3 nitrogen and oxygen atoms in total. The van der Waals surface area contributed by atoms with Crippen molar-refractivity contribution in [3.63, 3.8) is 0 Å². The van der Waals surface area contributed by atoms with Crippen molar-refractivity contribution in [1.29, 1.82) is 5.26 Å². The van der Waals surface area contributed by atoms with Gasteiger partial charge in [-0.15, -0.1) is 11.8 Å². The van der Waals surface area contributed by atoms with Crippen molar-refractivity contribution in [3.05, 3.63) is 59.7 Å². The van der Waals surface area contributed by atoms with Gasteiger partial charge in [-0.05, 0) is 30.3 Å². The predicted molar refractivity (Wildman–Crippen MR) is 73.9 cm³/mol. The number of thioether (sulfide) groups is 1.